The van der Waals surface area contributed by atoms with Crippen molar-refractivity contribution in [1.82, 2.24) is 25.4 Å². The summed E-state index contributed by atoms with van der Waals surface area (Å²) in [5.74, 6) is 1.69. The third kappa shape index (κ3) is 4.68. The number of nitrogens with zero attached hydrogens (tertiary/aromatic N) is 4. The van der Waals surface area contributed by atoms with Gasteiger partial charge in [-0.2, -0.15) is 5.10 Å². The van der Waals surface area contributed by atoms with Crippen molar-refractivity contribution in [2.75, 3.05) is 26.2 Å². The smallest absolute Gasteiger partial charge is 0.194 e. The molecule has 0 spiro atoms. The summed E-state index contributed by atoms with van der Waals surface area (Å²) in [6.45, 7) is 7.95. The van der Waals surface area contributed by atoms with Crippen molar-refractivity contribution < 1.29 is 4.74 Å². The second kappa shape index (κ2) is 9.54. The van der Waals surface area contributed by atoms with Crippen molar-refractivity contribution in [3.05, 3.63) is 71.5 Å². The maximum atomic E-state index is 6.08. The van der Waals surface area contributed by atoms with Gasteiger partial charge in [0.25, 0.3) is 0 Å². The normalized spacial score (nSPS) is 17.2. The van der Waals surface area contributed by atoms with Crippen LogP contribution >= 0.6 is 0 Å². The van der Waals surface area contributed by atoms with E-state index in [1.807, 2.05) is 12.1 Å². The van der Waals surface area contributed by atoms with Crippen LogP contribution < -0.4 is 5.32 Å². The van der Waals surface area contributed by atoms with Crippen LogP contribution in [0.15, 0.2) is 59.9 Å². The Balaban J connectivity index is 1.50. The Labute approximate surface area is 177 Å². The Morgan fingerprint density at radius 2 is 2.17 bits per heavy atom. The SMILES string of the molecule is CCNC(=NCc1cccc(-c2ncn[nH]2)c1)N1CCOC(c2ccccc2C)C1. The first-order valence-electron chi connectivity index (χ1n) is 10.4. The quantitative estimate of drug-likeness (QED) is 0.504. The van der Waals surface area contributed by atoms with Gasteiger partial charge in [0, 0.05) is 18.7 Å². The molecule has 1 atom stereocenters. The van der Waals surface area contributed by atoms with Gasteiger partial charge in [0.1, 0.15) is 12.4 Å². The lowest BCUT2D eigenvalue weighted by Crippen LogP contribution is -2.48. The van der Waals surface area contributed by atoms with Gasteiger partial charge >= 0.3 is 0 Å². The van der Waals surface area contributed by atoms with Crippen LogP contribution in [0, 0.1) is 6.92 Å². The number of hydrogen-bond donors (Lipinski definition) is 2. The lowest BCUT2D eigenvalue weighted by molar-refractivity contribution is -0.00834. The first kappa shape index (κ1) is 20.1. The second-order valence-corrected chi connectivity index (χ2v) is 7.37. The van der Waals surface area contributed by atoms with Crippen LogP contribution in [-0.2, 0) is 11.3 Å². The third-order valence-electron chi connectivity index (χ3n) is 5.26. The minimum absolute atomic E-state index is 0.0542. The zero-order chi connectivity index (χ0) is 20.8. The molecule has 1 aliphatic heterocycles. The molecule has 0 saturated carbocycles. The highest BCUT2D eigenvalue weighted by Gasteiger charge is 2.25. The van der Waals surface area contributed by atoms with Crippen LogP contribution in [0.3, 0.4) is 0 Å². The molecule has 30 heavy (non-hydrogen) atoms. The maximum Gasteiger partial charge on any atom is 0.194 e. The van der Waals surface area contributed by atoms with Crippen LogP contribution in [0.2, 0.25) is 0 Å². The van der Waals surface area contributed by atoms with E-state index in [1.165, 1.54) is 17.5 Å². The number of ether oxygens (including phenoxy) is 1. The van der Waals surface area contributed by atoms with Gasteiger partial charge in [-0.05, 0) is 36.6 Å². The van der Waals surface area contributed by atoms with Crippen LogP contribution in [-0.4, -0.2) is 52.3 Å². The predicted molar refractivity (Wildman–Crippen MR) is 118 cm³/mol. The summed E-state index contributed by atoms with van der Waals surface area (Å²) in [5.41, 5.74) is 4.65. The molecule has 1 fully saturated rings. The standard InChI is InChI=1S/C23H28N6O/c1-3-24-23(25-14-18-8-6-9-19(13-18)22-26-16-27-28-22)29-11-12-30-21(15-29)20-10-5-4-7-17(20)2/h4-10,13,16,21H,3,11-12,14-15H2,1-2H3,(H,24,25)(H,26,27,28). The van der Waals surface area contributed by atoms with Crippen molar-refractivity contribution in [2.24, 2.45) is 4.99 Å². The zero-order valence-corrected chi connectivity index (χ0v) is 17.5. The average molecular weight is 405 g/mol. The molecule has 0 radical (unpaired) electrons. The van der Waals surface area contributed by atoms with E-state index in [4.69, 9.17) is 9.73 Å². The first-order valence-corrected chi connectivity index (χ1v) is 10.4. The second-order valence-electron chi connectivity index (χ2n) is 7.37. The Bertz CT molecular complexity index is 985. The van der Waals surface area contributed by atoms with Crippen LogP contribution in [0.5, 0.6) is 0 Å². The van der Waals surface area contributed by atoms with Gasteiger partial charge in [0.2, 0.25) is 0 Å². The number of aromatic nitrogens is 3. The van der Waals surface area contributed by atoms with E-state index in [0.29, 0.717) is 13.2 Å². The largest absolute Gasteiger partial charge is 0.370 e. The molecule has 2 N–H and O–H groups in total. The molecular weight excluding hydrogens is 376 g/mol. The average Bonchev–Trinajstić information content (AvgIpc) is 3.32. The molecule has 1 unspecified atom stereocenters. The highest BCUT2D eigenvalue weighted by molar-refractivity contribution is 5.80. The number of aryl methyl sites for hydroxylation is 1. The van der Waals surface area contributed by atoms with E-state index in [9.17, 15) is 0 Å². The molecule has 7 nitrogen and oxygen atoms in total. The van der Waals surface area contributed by atoms with Gasteiger partial charge in [0.15, 0.2) is 11.8 Å². The van der Waals surface area contributed by atoms with E-state index < -0.39 is 0 Å². The highest BCUT2D eigenvalue weighted by Crippen LogP contribution is 2.25. The molecule has 2 heterocycles. The topological polar surface area (TPSA) is 78.4 Å². The van der Waals surface area contributed by atoms with Gasteiger partial charge in [-0.1, -0.05) is 42.5 Å². The third-order valence-corrected chi connectivity index (χ3v) is 5.26. The lowest BCUT2D eigenvalue weighted by Gasteiger charge is -2.35. The predicted octanol–water partition coefficient (Wildman–Crippen LogP) is 3.32. The fraction of sp³-hybridized carbons (Fsp3) is 0.348. The molecule has 7 heteroatoms. The van der Waals surface area contributed by atoms with Crippen molar-refractivity contribution in [1.29, 1.82) is 0 Å². The van der Waals surface area contributed by atoms with Gasteiger partial charge in [-0.15, -0.1) is 0 Å². The van der Waals surface area contributed by atoms with E-state index in [1.54, 1.807) is 0 Å². The van der Waals surface area contributed by atoms with Gasteiger partial charge < -0.3 is 15.0 Å². The van der Waals surface area contributed by atoms with E-state index in [2.05, 4.69) is 75.6 Å². The zero-order valence-electron chi connectivity index (χ0n) is 17.5. The molecule has 1 aliphatic rings. The summed E-state index contributed by atoms with van der Waals surface area (Å²) in [6.07, 6.45) is 1.57. The summed E-state index contributed by atoms with van der Waals surface area (Å²) >= 11 is 0. The Morgan fingerprint density at radius 3 is 2.97 bits per heavy atom. The van der Waals surface area contributed by atoms with Crippen LogP contribution in [0.1, 0.15) is 29.7 Å². The van der Waals surface area contributed by atoms with Crippen molar-refractivity contribution in [3.63, 3.8) is 0 Å². The van der Waals surface area contributed by atoms with E-state index in [0.717, 1.165) is 42.5 Å². The van der Waals surface area contributed by atoms with E-state index >= 15 is 0 Å². The molecule has 0 aliphatic carbocycles. The molecule has 1 saturated heterocycles. The highest BCUT2D eigenvalue weighted by atomic mass is 16.5. The number of nitrogens with one attached hydrogen (secondary N) is 2. The van der Waals surface area contributed by atoms with Crippen LogP contribution in [0.4, 0.5) is 0 Å². The van der Waals surface area contributed by atoms with E-state index in [-0.39, 0.29) is 6.10 Å². The number of benzene rings is 2. The maximum absolute atomic E-state index is 6.08. The lowest BCUT2D eigenvalue weighted by atomic mass is 10.0. The summed E-state index contributed by atoms with van der Waals surface area (Å²) in [7, 11) is 0. The summed E-state index contributed by atoms with van der Waals surface area (Å²) < 4.78 is 6.08. The monoisotopic (exact) mass is 404 g/mol. The number of aromatic amines is 1. The summed E-state index contributed by atoms with van der Waals surface area (Å²) in [5, 5.41) is 10.3. The molecular formula is C23H28N6O. The fourth-order valence-corrected chi connectivity index (χ4v) is 3.73. The number of rotatable bonds is 5. The molecule has 1 aromatic heterocycles. The fourth-order valence-electron chi connectivity index (χ4n) is 3.73. The van der Waals surface area contributed by atoms with Crippen molar-refractivity contribution in [3.8, 4) is 11.4 Å². The Kier molecular flexibility index (Phi) is 6.39. The summed E-state index contributed by atoms with van der Waals surface area (Å²) in [6, 6.07) is 16.7. The molecule has 2 aromatic carbocycles. The summed E-state index contributed by atoms with van der Waals surface area (Å²) in [4.78, 5) is 11.4. The number of H-pyrrole nitrogens is 1. The van der Waals surface area contributed by atoms with Gasteiger partial charge in [-0.25, -0.2) is 9.98 Å². The molecule has 4 rings (SSSR count). The Hall–Kier alpha value is -3.19. The van der Waals surface area contributed by atoms with Gasteiger partial charge in [-0.3, -0.25) is 5.10 Å². The van der Waals surface area contributed by atoms with Crippen molar-refractivity contribution >= 4 is 5.96 Å². The number of aliphatic imine (C=N–C) groups is 1. The molecule has 0 amide bonds. The minimum Gasteiger partial charge on any atom is -0.370 e. The van der Waals surface area contributed by atoms with Gasteiger partial charge in [0.05, 0.1) is 19.7 Å². The molecule has 156 valence electrons. The Morgan fingerprint density at radius 1 is 1.27 bits per heavy atom. The number of morpholine rings is 1. The molecule has 3 aromatic rings. The number of guanidine groups is 1. The number of hydrogen-bond acceptors (Lipinski definition) is 4. The van der Waals surface area contributed by atoms with Crippen molar-refractivity contribution in [2.45, 2.75) is 26.5 Å². The first-order chi connectivity index (χ1) is 14.7. The molecule has 0 bridgehead atoms. The van der Waals surface area contributed by atoms with Crippen LogP contribution in [0.25, 0.3) is 11.4 Å². The minimum atomic E-state index is 0.0542.